The summed E-state index contributed by atoms with van der Waals surface area (Å²) in [7, 11) is 0. The molecule has 0 aromatic carbocycles. The van der Waals surface area contributed by atoms with E-state index in [-0.39, 0.29) is 12.4 Å². The fourth-order valence-electron chi connectivity index (χ4n) is 2.50. The topological polar surface area (TPSA) is 47.6 Å². The SMILES string of the molecule is CC(=O)COC1=CC(OC2CC(NC(C)C)C2)=CCC1. The van der Waals surface area contributed by atoms with E-state index in [9.17, 15) is 4.79 Å². The summed E-state index contributed by atoms with van der Waals surface area (Å²) in [6, 6.07) is 1.11. The van der Waals surface area contributed by atoms with Crippen molar-refractivity contribution in [3.63, 3.8) is 0 Å². The molecule has 0 bridgehead atoms. The zero-order chi connectivity index (χ0) is 14.5. The van der Waals surface area contributed by atoms with Gasteiger partial charge in [0.1, 0.15) is 24.2 Å². The van der Waals surface area contributed by atoms with E-state index in [2.05, 4.69) is 25.2 Å². The molecule has 0 unspecified atom stereocenters. The molecule has 0 atom stereocenters. The first-order chi connectivity index (χ1) is 9.52. The van der Waals surface area contributed by atoms with Crippen molar-refractivity contribution >= 4 is 5.78 Å². The molecule has 0 spiro atoms. The summed E-state index contributed by atoms with van der Waals surface area (Å²) >= 11 is 0. The first-order valence-corrected chi connectivity index (χ1v) is 7.48. The summed E-state index contributed by atoms with van der Waals surface area (Å²) in [6.45, 7) is 6.02. The first kappa shape index (κ1) is 15.1. The Morgan fingerprint density at radius 3 is 2.85 bits per heavy atom. The second-order valence-corrected chi connectivity index (χ2v) is 5.98. The maximum Gasteiger partial charge on any atom is 0.167 e. The summed E-state index contributed by atoms with van der Waals surface area (Å²) in [4.78, 5) is 10.9. The average Bonchev–Trinajstić information content (AvgIpc) is 2.34. The molecule has 0 radical (unpaired) electrons. The number of carbonyl (C=O) groups excluding carboxylic acids is 1. The molecule has 1 N–H and O–H groups in total. The van der Waals surface area contributed by atoms with Gasteiger partial charge in [-0.15, -0.1) is 0 Å². The molecule has 4 heteroatoms. The van der Waals surface area contributed by atoms with Gasteiger partial charge in [0, 0.05) is 24.6 Å². The Kier molecular flexibility index (Phi) is 5.24. The number of ether oxygens (including phenoxy) is 2. The zero-order valence-corrected chi connectivity index (χ0v) is 12.6. The molecule has 2 aliphatic carbocycles. The first-order valence-electron chi connectivity index (χ1n) is 7.48. The van der Waals surface area contributed by atoms with Crippen molar-refractivity contribution in [2.75, 3.05) is 6.61 Å². The van der Waals surface area contributed by atoms with Crippen LogP contribution in [0.5, 0.6) is 0 Å². The van der Waals surface area contributed by atoms with Crippen molar-refractivity contribution in [1.29, 1.82) is 0 Å². The Morgan fingerprint density at radius 2 is 2.20 bits per heavy atom. The number of rotatable bonds is 7. The van der Waals surface area contributed by atoms with Gasteiger partial charge in [0.05, 0.1) is 0 Å². The second-order valence-electron chi connectivity index (χ2n) is 5.98. The van der Waals surface area contributed by atoms with Gasteiger partial charge in [-0.25, -0.2) is 0 Å². The molecule has 2 aliphatic rings. The molecule has 2 rings (SSSR count). The van der Waals surface area contributed by atoms with Crippen LogP contribution in [0.2, 0.25) is 0 Å². The average molecular weight is 279 g/mol. The van der Waals surface area contributed by atoms with Crippen LogP contribution in [0.3, 0.4) is 0 Å². The van der Waals surface area contributed by atoms with Gasteiger partial charge in [-0.1, -0.05) is 13.8 Å². The predicted molar refractivity (Wildman–Crippen MR) is 78.2 cm³/mol. The third kappa shape index (κ3) is 4.67. The molecule has 4 nitrogen and oxygen atoms in total. The molecular weight excluding hydrogens is 254 g/mol. The number of hydrogen-bond acceptors (Lipinski definition) is 4. The van der Waals surface area contributed by atoms with Crippen molar-refractivity contribution in [3.8, 4) is 0 Å². The quantitative estimate of drug-likeness (QED) is 0.778. The van der Waals surface area contributed by atoms with Crippen LogP contribution < -0.4 is 5.32 Å². The highest BCUT2D eigenvalue weighted by molar-refractivity contribution is 5.76. The lowest BCUT2D eigenvalue weighted by Gasteiger charge is -2.37. The summed E-state index contributed by atoms with van der Waals surface area (Å²) in [5.74, 6) is 1.79. The Morgan fingerprint density at radius 1 is 1.45 bits per heavy atom. The lowest BCUT2D eigenvalue weighted by atomic mass is 9.88. The molecule has 1 fully saturated rings. The fourth-order valence-corrected chi connectivity index (χ4v) is 2.50. The fraction of sp³-hybridized carbons (Fsp3) is 0.688. The van der Waals surface area contributed by atoms with Crippen LogP contribution in [0.15, 0.2) is 23.7 Å². The van der Waals surface area contributed by atoms with E-state index in [1.165, 1.54) is 6.92 Å². The van der Waals surface area contributed by atoms with Crippen LogP contribution in [0, 0.1) is 0 Å². The highest BCUT2D eigenvalue weighted by Crippen LogP contribution is 2.28. The third-order valence-corrected chi connectivity index (χ3v) is 3.47. The van der Waals surface area contributed by atoms with Gasteiger partial charge in [-0.2, -0.15) is 0 Å². The maximum atomic E-state index is 10.9. The highest BCUT2D eigenvalue weighted by atomic mass is 16.5. The van der Waals surface area contributed by atoms with Crippen LogP contribution in [-0.4, -0.2) is 30.6 Å². The second kappa shape index (κ2) is 6.93. The Balaban J connectivity index is 1.74. The number of ketones is 1. The largest absolute Gasteiger partial charge is 0.491 e. The normalized spacial score (nSPS) is 25.6. The van der Waals surface area contributed by atoms with E-state index in [0.717, 1.165) is 37.2 Å². The Labute approximate surface area is 121 Å². The summed E-state index contributed by atoms with van der Waals surface area (Å²) in [5, 5.41) is 3.51. The van der Waals surface area contributed by atoms with Crippen LogP contribution in [0.4, 0.5) is 0 Å². The van der Waals surface area contributed by atoms with Crippen LogP contribution >= 0.6 is 0 Å². The lowest BCUT2D eigenvalue weighted by Crippen LogP contribution is -2.47. The van der Waals surface area contributed by atoms with Crippen LogP contribution in [-0.2, 0) is 14.3 Å². The van der Waals surface area contributed by atoms with Crippen molar-refractivity contribution in [3.05, 3.63) is 23.7 Å². The van der Waals surface area contributed by atoms with E-state index in [1.807, 2.05) is 6.08 Å². The minimum atomic E-state index is 0.0458. The molecule has 112 valence electrons. The van der Waals surface area contributed by atoms with Crippen LogP contribution in [0.25, 0.3) is 0 Å². The molecule has 0 heterocycles. The van der Waals surface area contributed by atoms with E-state index in [4.69, 9.17) is 9.47 Å². The Hall–Kier alpha value is -1.29. The van der Waals surface area contributed by atoms with Crippen molar-refractivity contribution < 1.29 is 14.3 Å². The molecule has 1 saturated carbocycles. The van der Waals surface area contributed by atoms with E-state index < -0.39 is 0 Å². The summed E-state index contributed by atoms with van der Waals surface area (Å²) < 4.78 is 11.4. The van der Waals surface area contributed by atoms with E-state index >= 15 is 0 Å². The van der Waals surface area contributed by atoms with Gasteiger partial charge in [0.25, 0.3) is 0 Å². The molecule has 0 aromatic rings. The number of nitrogens with one attached hydrogen (secondary N) is 1. The van der Waals surface area contributed by atoms with Crippen molar-refractivity contribution in [2.45, 2.75) is 64.6 Å². The van der Waals surface area contributed by atoms with Crippen LogP contribution in [0.1, 0.15) is 46.5 Å². The summed E-state index contributed by atoms with van der Waals surface area (Å²) in [6.07, 6.45) is 8.22. The van der Waals surface area contributed by atoms with Gasteiger partial charge < -0.3 is 14.8 Å². The third-order valence-electron chi connectivity index (χ3n) is 3.47. The molecule has 0 saturated heterocycles. The zero-order valence-electron chi connectivity index (χ0n) is 12.6. The van der Waals surface area contributed by atoms with Gasteiger partial charge in [0.15, 0.2) is 5.78 Å². The summed E-state index contributed by atoms with van der Waals surface area (Å²) in [5.41, 5.74) is 0. The molecular formula is C16H25NO3. The molecule has 0 aliphatic heterocycles. The predicted octanol–water partition coefficient (Wildman–Crippen LogP) is 2.70. The number of allylic oxidation sites excluding steroid dienone is 3. The van der Waals surface area contributed by atoms with Gasteiger partial charge in [0.2, 0.25) is 0 Å². The number of carbonyl (C=O) groups is 1. The van der Waals surface area contributed by atoms with Crippen molar-refractivity contribution in [2.24, 2.45) is 0 Å². The highest BCUT2D eigenvalue weighted by Gasteiger charge is 2.31. The van der Waals surface area contributed by atoms with E-state index in [0.29, 0.717) is 18.2 Å². The molecule has 0 amide bonds. The molecule has 20 heavy (non-hydrogen) atoms. The minimum absolute atomic E-state index is 0.0458. The van der Waals surface area contributed by atoms with Gasteiger partial charge in [-0.05, 0) is 32.3 Å². The van der Waals surface area contributed by atoms with Gasteiger partial charge >= 0.3 is 0 Å². The van der Waals surface area contributed by atoms with Crippen molar-refractivity contribution in [1.82, 2.24) is 5.32 Å². The number of Topliss-reactive ketones (excluding diaryl/α,β-unsaturated/α-hetero) is 1. The standard InChI is InChI=1S/C16H25NO3/c1-11(2)17-13-7-16(8-13)20-15-6-4-5-14(9-15)19-10-12(3)18/h6,9,11,13,16-17H,4-5,7-8,10H2,1-3H3. The Bertz CT molecular complexity index is 406. The number of hydrogen-bond donors (Lipinski definition) is 1. The smallest absolute Gasteiger partial charge is 0.167 e. The monoisotopic (exact) mass is 279 g/mol. The van der Waals surface area contributed by atoms with Gasteiger partial charge in [-0.3, -0.25) is 4.79 Å². The maximum absolute atomic E-state index is 10.9. The lowest BCUT2D eigenvalue weighted by molar-refractivity contribution is -0.120. The minimum Gasteiger partial charge on any atom is -0.491 e. The van der Waals surface area contributed by atoms with E-state index in [1.54, 1.807) is 0 Å². The molecule has 0 aromatic heterocycles.